The van der Waals surface area contributed by atoms with Gasteiger partial charge >= 0.3 is 0 Å². The predicted octanol–water partition coefficient (Wildman–Crippen LogP) is 16.7. The maximum atomic E-state index is 6.48. The van der Waals surface area contributed by atoms with E-state index in [0.717, 1.165) is 66.4 Å². The van der Waals surface area contributed by atoms with E-state index in [0.29, 0.717) is 0 Å². The number of hydrogen-bond donors (Lipinski definition) is 0. The SMILES string of the molecule is c1ccc(-c2ccc3c(c2)c2ccccc2n3-c2ccc3oc4ccc(-c5cccc(-c6ccc7c(c6)c6ccccc6n7-c6ccc7oc8ccccc8c7c6)c5)cc4c3c2)cc1. The van der Waals surface area contributed by atoms with Gasteiger partial charge in [0, 0.05) is 54.5 Å². The largest absolute Gasteiger partial charge is 0.456 e. The van der Waals surface area contributed by atoms with Crippen molar-refractivity contribution in [3.05, 3.63) is 218 Å². The highest BCUT2D eigenvalue weighted by atomic mass is 16.3. The Kier molecular flexibility index (Phi) is 7.36. The van der Waals surface area contributed by atoms with Gasteiger partial charge in [0.25, 0.3) is 0 Å². The lowest BCUT2D eigenvalue weighted by Gasteiger charge is -2.10. The summed E-state index contributed by atoms with van der Waals surface area (Å²) in [6.45, 7) is 0. The Morgan fingerprint density at radius 2 is 0.609 bits per heavy atom. The monoisotopic (exact) mass is 816 g/mol. The zero-order valence-corrected chi connectivity index (χ0v) is 34.5. The minimum absolute atomic E-state index is 0.877. The van der Waals surface area contributed by atoms with Gasteiger partial charge in [-0.2, -0.15) is 0 Å². The van der Waals surface area contributed by atoms with Crippen LogP contribution in [0.25, 0.3) is 132 Å². The van der Waals surface area contributed by atoms with Gasteiger partial charge in [-0.15, -0.1) is 0 Å². The predicted molar refractivity (Wildman–Crippen MR) is 266 cm³/mol. The van der Waals surface area contributed by atoms with Crippen LogP contribution in [0.15, 0.2) is 227 Å². The summed E-state index contributed by atoms with van der Waals surface area (Å²) in [5.74, 6) is 0. The highest BCUT2D eigenvalue weighted by molar-refractivity contribution is 6.13. The fourth-order valence-electron chi connectivity index (χ4n) is 10.3. The summed E-state index contributed by atoms with van der Waals surface area (Å²) in [6, 6.07) is 78.6. The first-order valence-electron chi connectivity index (χ1n) is 21.8. The van der Waals surface area contributed by atoms with Crippen molar-refractivity contribution in [2.75, 3.05) is 0 Å². The van der Waals surface area contributed by atoms with E-state index in [9.17, 15) is 0 Å². The minimum Gasteiger partial charge on any atom is -0.456 e. The van der Waals surface area contributed by atoms with Crippen LogP contribution in [0.5, 0.6) is 0 Å². The Bertz CT molecular complexity index is 4200. The molecule has 0 bridgehead atoms. The van der Waals surface area contributed by atoms with Crippen LogP contribution in [0, 0.1) is 0 Å². The molecule has 298 valence electrons. The van der Waals surface area contributed by atoms with Crippen LogP contribution >= 0.6 is 0 Å². The van der Waals surface area contributed by atoms with Crippen molar-refractivity contribution >= 4 is 87.5 Å². The zero-order valence-electron chi connectivity index (χ0n) is 34.5. The first-order chi connectivity index (χ1) is 31.7. The van der Waals surface area contributed by atoms with E-state index < -0.39 is 0 Å². The summed E-state index contributed by atoms with van der Waals surface area (Å²) in [6.07, 6.45) is 0. The number of furan rings is 2. The quantitative estimate of drug-likeness (QED) is 0.173. The summed E-state index contributed by atoms with van der Waals surface area (Å²) in [4.78, 5) is 0. The summed E-state index contributed by atoms with van der Waals surface area (Å²) in [7, 11) is 0. The lowest BCUT2D eigenvalue weighted by Crippen LogP contribution is -1.93. The van der Waals surface area contributed by atoms with Gasteiger partial charge in [0.15, 0.2) is 0 Å². The Labute approximate surface area is 367 Å². The topological polar surface area (TPSA) is 36.1 Å². The van der Waals surface area contributed by atoms with Crippen LogP contribution in [0.4, 0.5) is 0 Å². The molecule has 14 aromatic rings. The number of benzene rings is 10. The average Bonchev–Trinajstić information content (AvgIpc) is 4.11. The smallest absolute Gasteiger partial charge is 0.135 e. The number of fused-ring (bicyclic) bond motifs is 12. The van der Waals surface area contributed by atoms with E-state index >= 15 is 0 Å². The number of nitrogens with zero attached hydrogens (tertiary/aromatic N) is 2. The van der Waals surface area contributed by atoms with Crippen molar-refractivity contribution in [2.24, 2.45) is 0 Å². The molecule has 0 saturated heterocycles. The lowest BCUT2D eigenvalue weighted by molar-refractivity contribution is 0.668. The third-order valence-electron chi connectivity index (χ3n) is 13.3. The molecule has 4 heteroatoms. The molecule has 0 spiro atoms. The molecule has 0 atom stereocenters. The molecule has 10 aromatic carbocycles. The van der Waals surface area contributed by atoms with Gasteiger partial charge in [-0.1, -0.05) is 121 Å². The molecular formula is C60H36N2O2. The van der Waals surface area contributed by atoms with Crippen molar-refractivity contribution < 1.29 is 8.83 Å². The van der Waals surface area contributed by atoms with Crippen molar-refractivity contribution in [1.29, 1.82) is 0 Å². The second-order valence-electron chi connectivity index (χ2n) is 16.9. The van der Waals surface area contributed by atoms with Crippen molar-refractivity contribution in [3.63, 3.8) is 0 Å². The van der Waals surface area contributed by atoms with Gasteiger partial charge in [0.1, 0.15) is 22.3 Å². The second-order valence-corrected chi connectivity index (χ2v) is 16.9. The number of rotatable bonds is 5. The first kappa shape index (κ1) is 35.0. The standard InChI is InChI=1S/C60H36N2O2/c1-2-11-37(12-3-1)40-21-26-55-48(32-40)45-15-4-7-18-53(45)62(55)44-25-30-60-52(36-44)50-34-42(23-28-58(50)64-60)39-14-10-13-38(31-39)41-22-27-56-49(33-41)46-16-5-8-19-54(46)61(56)43-24-29-59-51(35-43)47-17-6-9-20-57(47)63-59/h1-36H. The minimum atomic E-state index is 0.877. The molecule has 0 radical (unpaired) electrons. The van der Waals surface area contributed by atoms with Crippen LogP contribution in [0.3, 0.4) is 0 Å². The molecule has 0 amide bonds. The molecule has 0 unspecified atom stereocenters. The van der Waals surface area contributed by atoms with E-state index in [1.807, 2.05) is 12.1 Å². The molecular weight excluding hydrogens is 781 g/mol. The van der Waals surface area contributed by atoms with Crippen LogP contribution in [-0.4, -0.2) is 9.13 Å². The van der Waals surface area contributed by atoms with E-state index in [-0.39, 0.29) is 0 Å². The Morgan fingerprint density at radius 3 is 1.22 bits per heavy atom. The molecule has 0 fully saturated rings. The normalized spacial score (nSPS) is 12.1. The van der Waals surface area contributed by atoms with Gasteiger partial charge in [-0.25, -0.2) is 0 Å². The van der Waals surface area contributed by atoms with Gasteiger partial charge < -0.3 is 18.0 Å². The molecule has 64 heavy (non-hydrogen) atoms. The second kappa shape index (κ2) is 13.4. The van der Waals surface area contributed by atoms with Crippen molar-refractivity contribution in [3.8, 4) is 44.8 Å². The Balaban J connectivity index is 0.859. The van der Waals surface area contributed by atoms with E-state index in [2.05, 4.69) is 215 Å². The molecule has 0 aliphatic rings. The number of hydrogen-bond acceptors (Lipinski definition) is 2. The van der Waals surface area contributed by atoms with E-state index in [4.69, 9.17) is 8.83 Å². The fourth-order valence-corrected chi connectivity index (χ4v) is 10.3. The lowest BCUT2D eigenvalue weighted by atomic mass is 9.97. The summed E-state index contributed by atoms with van der Waals surface area (Å²) in [5.41, 5.74) is 17.6. The fraction of sp³-hybridized carbons (Fsp3) is 0. The number of aromatic nitrogens is 2. The Morgan fingerprint density at radius 1 is 0.219 bits per heavy atom. The van der Waals surface area contributed by atoms with Crippen molar-refractivity contribution in [1.82, 2.24) is 9.13 Å². The third-order valence-corrected chi connectivity index (χ3v) is 13.3. The zero-order chi connectivity index (χ0) is 41.9. The maximum Gasteiger partial charge on any atom is 0.135 e. The van der Waals surface area contributed by atoms with Crippen LogP contribution in [-0.2, 0) is 0 Å². The van der Waals surface area contributed by atoms with E-state index in [1.165, 1.54) is 65.9 Å². The first-order valence-corrected chi connectivity index (χ1v) is 21.8. The average molecular weight is 817 g/mol. The molecule has 0 saturated carbocycles. The molecule has 4 heterocycles. The molecule has 0 aliphatic carbocycles. The molecule has 4 aromatic heterocycles. The van der Waals surface area contributed by atoms with Gasteiger partial charge in [0.2, 0.25) is 0 Å². The summed E-state index contributed by atoms with van der Waals surface area (Å²) < 4.78 is 17.4. The maximum absolute atomic E-state index is 6.48. The third kappa shape index (κ3) is 5.23. The molecule has 4 nitrogen and oxygen atoms in total. The molecule has 14 rings (SSSR count). The summed E-state index contributed by atoms with van der Waals surface area (Å²) in [5, 5.41) is 9.37. The molecule has 0 aliphatic heterocycles. The van der Waals surface area contributed by atoms with Gasteiger partial charge in [0.05, 0.1) is 22.1 Å². The highest BCUT2D eigenvalue weighted by Crippen LogP contribution is 2.41. The van der Waals surface area contributed by atoms with Gasteiger partial charge in [-0.05, 0) is 130 Å². The Hall–Kier alpha value is -8.60. The van der Waals surface area contributed by atoms with E-state index in [1.54, 1.807) is 0 Å². The van der Waals surface area contributed by atoms with Gasteiger partial charge in [-0.3, -0.25) is 0 Å². The summed E-state index contributed by atoms with van der Waals surface area (Å²) >= 11 is 0. The molecule has 0 N–H and O–H groups in total. The van der Waals surface area contributed by atoms with Crippen molar-refractivity contribution in [2.45, 2.75) is 0 Å². The number of para-hydroxylation sites is 3. The van der Waals surface area contributed by atoms with Crippen LogP contribution in [0.2, 0.25) is 0 Å². The van der Waals surface area contributed by atoms with Crippen LogP contribution in [0.1, 0.15) is 0 Å². The highest BCUT2D eigenvalue weighted by Gasteiger charge is 2.18. The van der Waals surface area contributed by atoms with Crippen LogP contribution < -0.4 is 0 Å².